The lowest BCUT2D eigenvalue weighted by molar-refractivity contribution is -0.136. The third-order valence-corrected chi connectivity index (χ3v) is 4.01. The summed E-state index contributed by atoms with van der Waals surface area (Å²) in [6.45, 7) is 2.83. The van der Waals surface area contributed by atoms with E-state index in [1.165, 1.54) is 0 Å². The Hall–Kier alpha value is -2.21. The van der Waals surface area contributed by atoms with Crippen molar-refractivity contribution in [1.82, 2.24) is 19.4 Å². The van der Waals surface area contributed by atoms with Gasteiger partial charge in [-0.25, -0.2) is 9.97 Å². The van der Waals surface area contributed by atoms with Crippen molar-refractivity contribution in [2.75, 3.05) is 20.3 Å². The minimum atomic E-state index is 0.0241. The molecular weight excluding hydrogens is 280 g/mol. The van der Waals surface area contributed by atoms with Crippen LogP contribution >= 0.6 is 0 Å². The van der Waals surface area contributed by atoms with Gasteiger partial charge in [0.1, 0.15) is 18.2 Å². The lowest BCUT2D eigenvalue weighted by Crippen LogP contribution is -2.33. The first-order chi connectivity index (χ1) is 10.7. The summed E-state index contributed by atoms with van der Waals surface area (Å²) in [5, 5.41) is 0. The van der Waals surface area contributed by atoms with Gasteiger partial charge in [-0.1, -0.05) is 6.07 Å². The van der Waals surface area contributed by atoms with Crippen molar-refractivity contribution in [3.8, 4) is 5.82 Å². The number of methoxy groups -OCH3 is 1. The second-order valence-corrected chi connectivity index (χ2v) is 5.44. The number of imidazole rings is 1. The summed E-state index contributed by atoms with van der Waals surface area (Å²) in [5.74, 6) is 1.75. The average molecular weight is 300 g/mol. The molecule has 0 bridgehead atoms. The zero-order valence-corrected chi connectivity index (χ0v) is 12.9. The normalized spacial score (nSPS) is 17.9. The highest BCUT2D eigenvalue weighted by Crippen LogP contribution is 2.31. The summed E-state index contributed by atoms with van der Waals surface area (Å²) in [6, 6.07) is 5.95. The maximum Gasteiger partial charge on any atom is 0.249 e. The molecule has 0 saturated carbocycles. The SMILES string of the molecule is COCC(=O)N1CCC[C@@H]1c1cccc(-n2ccnc2C)n1. The molecule has 22 heavy (non-hydrogen) atoms. The van der Waals surface area contributed by atoms with Crippen molar-refractivity contribution in [3.05, 3.63) is 42.1 Å². The molecule has 1 aliphatic heterocycles. The van der Waals surface area contributed by atoms with Crippen LogP contribution < -0.4 is 0 Å². The fourth-order valence-electron chi connectivity index (χ4n) is 2.96. The number of amides is 1. The molecule has 0 N–H and O–H groups in total. The van der Waals surface area contributed by atoms with Gasteiger partial charge in [0.25, 0.3) is 0 Å². The van der Waals surface area contributed by atoms with E-state index in [2.05, 4.69) is 4.98 Å². The Labute approximate surface area is 129 Å². The summed E-state index contributed by atoms with van der Waals surface area (Å²) in [6.07, 6.45) is 5.59. The highest BCUT2D eigenvalue weighted by molar-refractivity contribution is 5.78. The standard InChI is InChI=1S/C16H20N4O2/c1-12-17-8-10-19(12)15-7-3-5-13(18-15)14-6-4-9-20(14)16(21)11-22-2/h3,5,7-8,10,14H,4,6,9,11H2,1-2H3/t14-/m1/s1. The van der Waals surface area contributed by atoms with Crippen LogP contribution in [0.3, 0.4) is 0 Å². The Bertz CT molecular complexity index is 668. The first kappa shape index (κ1) is 14.7. The van der Waals surface area contributed by atoms with Gasteiger partial charge in [-0.15, -0.1) is 0 Å². The lowest BCUT2D eigenvalue weighted by Gasteiger charge is -2.24. The highest BCUT2D eigenvalue weighted by Gasteiger charge is 2.30. The number of carbonyl (C=O) groups excluding carboxylic acids is 1. The molecule has 6 heteroatoms. The fourth-order valence-corrected chi connectivity index (χ4v) is 2.96. The second-order valence-electron chi connectivity index (χ2n) is 5.44. The first-order valence-electron chi connectivity index (χ1n) is 7.46. The summed E-state index contributed by atoms with van der Waals surface area (Å²) in [5.41, 5.74) is 0.924. The summed E-state index contributed by atoms with van der Waals surface area (Å²) in [7, 11) is 1.55. The first-order valence-corrected chi connectivity index (χ1v) is 7.46. The van der Waals surface area contributed by atoms with Gasteiger partial charge in [-0.2, -0.15) is 0 Å². The van der Waals surface area contributed by atoms with Crippen LogP contribution in [0.5, 0.6) is 0 Å². The number of likely N-dealkylation sites (tertiary alicyclic amines) is 1. The lowest BCUT2D eigenvalue weighted by atomic mass is 10.1. The zero-order valence-electron chi connectivity index (χ0n) is 12.9. The van der Waals surface area contributed by atoms with Crippen molar-refractivity contribution in [1.29, 1.82) is 0 Å². The van der Waals surface area contributed by atoms with Gasteiger partial charge in [0, 0.05) is 26.0 Å². The molecule has 1 saturated heterocycles. The van der Waals surface area contributed by atoms with Crippen molar-refractivity contribution in [2.24, 2.45) is 0 Å². The Morgan fingerprint density at radius 1 is 1.45 bits per heavy atom. The van der Waals surface area contributed by atoms with Crippen LogP contribution in [0.4, 0.5) is 0 Å². The van der Waals surface area contributed by atoms with Crippen LogP contribution in [0.2, 0.25) is 0 Å². The molecule has 6 nitrogen and oxygen atoms in total. The van der Waals surface area contributed by atoms with Crippen LogP contribution in [-0.2, 0) is 9.53 Å². The monoisotopic (exact) mass is 300 g/mol. The zero-order chi connectivity index (χ0) is 15.5. The summed E-state index contributed by atoms with van der Waals surface area (Å²) < 4.78 is 6.92. The maximum absolute atomic E-state index is 12.2. The molecule has 2 aromatic rings. The fraction of sp³-hybridized carbons (Fsp3) is 0.438. The molecule has 0 aliphatic carbocycles. The minimum Gasteiger partial charge on any atom is -0.375 e. The van der Waals surface area contributed by atoms with Gasteiger partial charge >= 0.3 is 0 Å². The topological polar surface area (TPSA) is 60.2 Å². The smallest absolute Gasteiger partial charge is 0.249 e. The quantitative estimate of drug-likeness (QED) is 0.865. The van der Waals surface area contributed by atoms with Crippen molar-refractivity contribution in [2.45, 2.75) is 25.8 Å². The van der Waals surface area contributed by atoms with Gasteiger partial charge in [0.2, 0.25) is 5.91 Å². The van der Waals surface area contributed by atoms with Crippen LogP contribution in [0.1, 0.15) is 30.4 Å². The van der Waals surface area contributed by atoms with Gasteiger partial charge in [-0.3, -0.25) is 9.36 Å². The molecular formula is C16H20N4O2. The Balaban J connectivity index is 1.88. The third-order valence-electron chi connectivity index (χ3n) is 4.01. The molecule has 1 aliphatic rings. The van der Waals surface area contributed by atoms with Crippen LogP contribution in [0, 0.1) is 6.92 Å². The number of ether oxygens (including phenoxy) is 1. The Morgan fingerprint density at radius 3 is 3.05 bits per heavy atom. The molecule has 0 unspecified atom stereocenters. The van der Waals surface area contributed by atoms with Crippen molar-refractivity contribution >= 4 is 5.91 Å². The van der Waals surface area contributed by atoms with Crippen LogP contribution in [0.15, 0.2) is 30.6 Å². The minimum absolute atomic E-state index is 0.0241. The molecule has 0 aromatic carbocycles. The number of aromatic nitrogens is 3. The van der Waals surface area contributed by atoms with E-state index < -0.39 is 0 Å². The van der Waals surface area contributed by atoms with Crippen LogP contribution in [0.25, 0.3) is 5.82 Å². The predicted octanol–water partition coefficient (Wildman–Crippen LogP) is 1.89. The van der Waals surface area contributed by atoms with Gasteiger partial charge < -0.3 is 9.64 Å². The molecule has 1 atom stereocenters. The van der Waals surface area contributed by atoms with Gasteiger partial charge in [0.15, 0.2) is 0 Å². The van der Waals surface area contributed by atoms with E-state index in [9.17, 15) is 4.79 Å². The molecule has 0 spiro atoms. The second kappa shape index (κ2) is 6.27. The van der Waals surface area contributed by atoms with E-state index in [0.717, 1.165) is 36.7 Å². The van der Waals surface area contributed by atoms with E-state index in [1.54, 1.807) is 13.3 Å². The number of hydrogen-bond donors (Lipinski definition) is 0. The highest BCUT2D eigenvalue weighted by atomic mass is 16.5. The van der Waals surface area contributed by atoms with Crippen LogP contribution in [-0.4, -0.2) is 45.6 Å². The Morgan fingerprint density at radius 2 is 2.32 bits per heavy atom. The van der Waals surface area contributed by atoms with Crippen molar-refractivity contribution < 1.29 is 9.53 Å². The van der Waals surface area contributed by atoms with E-state index >= 15 is 0 Å². The van der Waals surface area contributed by atoms with Gasteiger partial charge in [-0.05, 0) is 31.9 Å². The number of aryl methyl sites for hydroxylation is 1. The molecule has 1 fully saturated rings. The predicted molar refractivity (Wildman–Crippen MR) is 81.7 cm³/mol. The third kappa shape index (κ3) is 2.74. The molecule has 116 valence electrons. The molecule has 1 amide bonds. The molecule has 3 heterocycles. The molecule has 3 rings (SSSR count). The average Bonchev–Trinajstić information content (AvgIpc) is 3.16. The number of nitrogens with zero attached hydrogens (tertiary/aromatic N) is 4. The number of carbonyl (C=O) groups is 1. The maximum atomic E-state index is 12.2. The van der Waals surface area contributed by atoms with E-state index in [4.69, 9.17) is 9.72 Å². The van der Waals surface area contributed by atoms with E-state index in [-0.39, 0.29) is 18.6 Å². The molecule has 2 aromatic heterocycles. The number of rotatable bonds is 4. The number of pyridine rings is 1. The van der Waals surface area contributed by atoms with E-state index in [0.29, 0.717) is 0 Å². The Kier molecular flexibility index (Phi) is 4.20. The van der Waals surface area contributed by atoms with Crippen molar-refractivity contribution in [3.63, 3.8) is 0 Å². The molecule has 0 radical (unpaired) electrons. The van der Waals surface area contributed by atoms with Gasteiger partial charge in [0.05, 0.1) is 11.7 Å². The largest absolute Gasteiger partial charge is 0.375 e. The number of hydrogen-bond acceptors (Lipinski definition) is 4. The summed E-state index contributed by atoms with van der Waals surface area (Å²) >= 11 is 0. The van der Waals surface area contributed by atoms with E-state index in [1.807, 2.05) is 40.8 Å². The summed E-state index contributed by atoms with van der Waals surface area (Å²) in [4.78, 5) is 23.0.